The number of ether oxygens (including phenoxy) is 2. The average Bonchev–Trinajstić information content (AvgIpc) is 2.25. The van der Waals surface area contributed by atoms with E-state index >= 15 is 0 Å². The first kappa shape index (κ1) is 14.4. The van der Waals surface area contributed by atoms with Gasteiger partial charge in [0.15, 0.2) is 0 Å². The molecule has 0 aromatic heterocycles. The zero-order valence-electron chi connectivity index (χ0n) is 9.87. The molecule has 0 aliphatic rings. The molecule has 0 fully saturated rings. The van der Waals surface area contributed by atoms with E-state index in [0.29, 0.717) is 6.42 Å². The van der Waals surface area contributed by atoms with E-state index in [0.717, 1.165) is 46.1 Å². The zero-order chi connectivity index (χ0) is 11.4. The van der Waals surface area contributed by atoms with Crippen molar-refractivity contribution in [3.63, 3.8) is 0 Å². The molecule has 4 heteroatoms. The van der Waals surface area contributed by atoms with E-state index in [4.69, 9.17) is 14.7 Å². The molecule has 15 heavy (non-hydrogen) atoms. The first-order chi connectivity index (χ1) is 7.35. The molecule has 0 aliphatic carbocycles. The quantitative estimate of drug-likeness (QED) is 0.514. The summed E-state index contributed by atoms with van der Waals surface area (Å²) in [4.78, 5) is 2.20. The smallest absolute Gasteiger partial charge is 0.0635 e. The molecule has 0 aliphatic heterocycles. The lowest BCUT2D eigenvalue weighted by Gasteiger charge is -2.20. The van der Waals surface area contributed by atoms with Gasteiger partial charge in [0.25, 0.3) is 0 Å². The summed E-state index contributed by atoms with van der Waals surface area (Å²) in [6.45, 7) is 9.48. The molecule has 0 saturated heterocycles. The monoisotopic (exact) mass is 214 g/mol. The standard InChI is InChI=1S/C11H22N2O2/c1-3-14-10-8-13(7-5-6-12)9-11-15-4-2/h3-5,7-11H2,1-2H3. The molecule has 0 rings (SSSR count). The Labute approximate surface area is 92.8 Å². The van der Waals surface area contributed by atoms with Gasteiger partial charge in [-0.15, -0.1) is 0 Å². The molecule has 0 amide bonds. The lowest BCUT2D eigenvalue weighted by molar-refractivity contribution is 0.0838. The Hall–Kier alpha value is -0.630. The van der Waals surface area contributed by atoms with Crippen LogP contribution in [0.25, 0.3) is 0 Å². The van der Waals surface area contributed by atoms with Crippen LogP contribution in [-0.2, 0) is 9.47 Å². The van der Waals surface area contributed by atoms with Crippen LogP contribution in [0.1, 0.15) is 20.3 Å². The van der Waals surface area contributed by atoms with Crippen molar-refractivity contribution in [2.75, 3.05) is 46.1 Å². The fourth-order valence-electron chi connectivity index (χ4n) is 1.22. The topological polar surface area (TPSA) is 45.5 Å². The van der Waals surface area contributed by atoms with Crippen molar-refractivity contribution in [3.8, 4) is 6.07 Å². The highest BCUT2D eigenvalue weighted by molar-refractivity contribution is 4.72. The van der Waals surface area contributed by atoms with E-state index in [2.05, 4.69) is 11.0 Å². The molecule has 0 bridgehead atoms. The van der Waals surface area contributed by atoms with Gasteiger partial charge in [-0.25, -0.2) is 0 Å². The molecular weight excluding hydrogens is 192 g/mol. The molecular formula is C11H22N2O2. The molecule has 0 radical (unpaired) electrons. The van der Waals surface area contributed by atoms with Crippen LogP contribution in [0.15, 0.2) is 0 Å². The maximum atomic E-state index is 8.52. The zero-order valence-corrected chi connectivity index (χ0v) is 9.87. The third-order valence-corrected chi connectivity index (χ3v) is 2.05. The second kappa shape index (κ2) is 11.4. The van der Waals surface area contributed by atoms with Crippen molar-refractivity contribution in [1.29, 1.82) is 5.26 Å². The van der Waals surface area contributed by atoms with Gasteiger partial charge in [0.2, 0.25) is 0 Å². The number of hydrogen-bond donors (Lipinski definition) is 0. The molecule has 88 valence electrons. The fraction of sp³-hybridized carbons (Fsp3) is 0.909. The predicted molar refractivity (Wildman–Crippen MR) is 59.7 cm³/mol. The van der Waals surface area contributed by atoms with Crippen LogP contribution in [0, 0.1) is 11.3 Å². The van der Waals surface area contributed by atoms with Gasteiger partial charge in [-0.3, -0.25) is 4.90 Å². The third-order valence-electron chi connectivity index (χ3n) is 2.05. The molecule has 0 spiro atoms. The summed E-state index contributed by atoms with van der Waals surface area (Å²) in [7, 11) is 0. The molecule has 0 atom stereocenters. The minimum atomic E-state index is 0.568. The molecule has 0 saturated carbocycles. The minimum Gasteiger partial charge on any atom is -0.380 e. The van der Waals surface area contributed by atoms with Crippen LogP contribution >= 0.6 is 0 Å². The van der Waals surface area contributed by atoms with Crippen molar-refractivity contribution in [2.24, 2.45) is 0 Å². The summed E-state index contributed by atoms with van der Waals surface area (Å²) >= 11 is 0. The van der Waals surface area contributed by atoms with Crippen molar-refractivity contribution in [2.45, 2.75) is 20.3 Å². The number of rotatable bonds is 10. The summed E-state index contributed by atoms with van der Waals surface area (Å²) in [5.41, 5.74) is 0. The first-order valence-corrected chi connectivity index (χ1v) is 5.59. The molecule has 0 heterocycles. The summed E-state index contributed by atoms with van der Waals surface area (Å²) in [6, 6.07) is 2.16. The summed E-state index contributed by atoms with van der Waals surface area (Å²) in [5, 5.41) is 8.52. The Balaban J connectivity index is 3.59. The second-order valence-corrected chi connectivity index (χ2v) is 3.14. The Bertz CT molecular complexity index is 158. The lowest BCUT2D eigenvalue weighted by Crippen LogP contribution is -2.32. The van der Waals surface area contributed by atoms with Crippen molar-refractivity contribution < 1.29 is 9.47 Å². The SMILES string of the molecule is CCOCCN(CCC#N)CCOCC. The molecule has 0 unspecified atom stereocenters. The molecule has 0 N–H and O–H groups in total. The highest BCUT2D eigenvalue weighted by Gasteiger charge is 2.03. The summed E-state index contributed by atoms with van der Waals surface area (Å²) in [5.74, 6) is 0. The number of hydrogen-bond acceptors (Lipinski definition) is 4. The van der Waals surface area contributed by atoms with Gasteiger partial charge < -0.3 is 9.47 Å². The second-order valence-electron chi connectivity index (χ2n) is 3.14. The third kappa shape index (κ3) is 9.67. The van der Waals surface area contributed by atoms with Crippen LogP contribution in [-0.4, -0.2) is 51.0 Å². The van der Waals surface area contributed by atoms with E-state index in [1.165, 1.54) is 0 Å². The van der Waals surface area contributed by atoms with Crippen LogP contribution < -0.4 is 0 Å². The number of nitrogens with zero attached hydrogens (tertiary/aromatic N) is 2. The van der Waals surface area contributed by atoms with Crippen LogP contribution in [0.3, 0.4) is 0 Å². The normalized spacial score (nSPS) is 10.5. The van der Waals surface area contributed by atoms with E-state index < -0.39 is 0 Å². The van der Waals surface area contributed by atoms with Crippen molar-refractivity contribution in [1.82, 2.24) is 4.90 Å². The van der Waals surface area contributed by atoms with Gasteiger partial charge in [-0.1, -0.05) is 0 Å². The summed E-state index contributed by atoms with van der Waals surface area (Å²) < 4.78 is 10.6. The van der Waals surface area contributed by atoms with Crippen molar-refractivity contribution >= 4 is 0 Å². The van der Waals surface area contributed by atoms with Gasteiger partial charge in [-0.2, -0.15) is 5.26 Å². The van der Waals surface area contributed by atoms with Crippen LogP contribution in [0.2, 0.25) is 0 Å². The first-order valence-electron chi connectivity index (χ1n) is 5.59. The Kier molecular flexibility index (Phi) is 11.0. The van der Waals surface area contributed by atoms with Gasteiger partial charge in [0, 0.05) is 39.3 Å². The Morgan fingerprint density at radius 2 is 1.53 bits per heavy atom. The van der Waals surface area contributed by atoms with E-state index in [-0.39, 0.29) is 0 Å². The highest BCUT2D eigenvalue weighted by Crippen LogP contribution is 1.92. The van der Waals surface area contributed by atoms with Gasteiger partial charge in [0.1, 0.15) is 0 Å². The molecule has 4 nitrogen and oxygen atoms in total. The van der Waals surface area contributed by atoms with E-state index in [1.54, 1.807) is 0 Å². The predicted octanol–water partition coefficient (Wildman–Crippen LogP) is 1.28. The number of nitriles is 1. The Morgan fingerprint density at radius 1 is 1.00 bits per heavy atom. The largest absolute Gasteiger partial charge is 0.380 e. The maximum Gasteiger partial charge on any atom is 0.0635 e. The molecule has 0 aromatic carbocycles. The van der Waals surface area contributed by atoms with Gasteiger partial charge >= 0.3 is 0 Å². The lowest BCUT2D eigenvalue weighted by atomic mass is 10.4. The minimum absolute atomic E-state index is 0.568. The van der Waals surface area contributed by atoms with Gasteiger partial charge in [-0.05, 0) is 13.8 Å². The Morgan fingerprint density at radius 3 is 1.93 bits per heavy atom. The van der Waals surface area contributed by atoms with Crippen LogP contribution in [0.5, 0.6) is 0 Å². The van der Waals surface area contributed by atoms with E-state index in [1.807, 2.05) is 13.8 Å². The maximum absolute atomic E-state index is 8.52. The van der Waals surface area contributed by atoms with Crippen molar-refractivity contribution in [3.05, 3.63) is 0 Å². The van der Waals surface area contributed by atoms with E-state index in [9.17, 15) is 0 Å². The summed E-state index contributed by atoms with van der Waals surface area (Å²) in [6.07, 6.45) is 0.568. The molecule has 0 aromatic rings. The highest BCUT2D eigenvalue weighted by atomic mass is 16.5. The fourth-order valence-corrected chi connectivity index (χ4v) is 1.22. The van der Waals surface area contributed by atoms with Crippen LogP contribution in [0.4, 0.5) is 0 Å². The average molecular weight is 214 g/mol. The van der Waals surface area contributed by atoms with Gasteiger partial charge in [0.05, 0.1) is 19.3 Å².